The predicted molar refractivity (Wildman–Crippen MR) is 61.1 cm³/mol. The molecule has 0 aliphatic heterocycles. The molecule has 4 atom stereocenters. The Balaban J connectivity index is 1.89. The Bertz CT molecular complexity index is 325. The van der Waals surface area contributed by atoms with Gasteiger partial charge in [-0.3, -0.25) is 0 Å². The van der Waals surface area contributed by atoms with E-state index in [0.717, 1.165) is 5.75 Å². The van der Waals surface area contributed by atoms with E-state index in [-0.39, 0.29) is 12.0 Å². The van der Waals surface area contributed by atoms with E-state index in [2.05, 4.69) is 6.92 Å². The van der Waals surface area contributed by atoms with Crippen LogP contribution in [0.4, 0.5) is 0 Å². The summed E-state index contributed by atoms with van der Waals surface area (Å²) in [6.07, 6.45) is -0.627. The molecule has 16 heavy (non-hydrogen) atoms. The molecule has 3 heteroatoms. The first-order valence-electron chi connectivity index (χ1n) is 5.75. The van der Waals surface area contributed by atoms with Crippen LogP contribution in [0.5, 0.6) is 5.75 Å². The van der Waals surface area contributed by atoms with Gasteiger partial charge >= 0.3 is 0 Å². The van der Waals surface area contributed by atoms with E-state index in [0.29, 0.717) is 12.5 Å². The van der Waals surface area contributed by atoms with Crippen molar-refractivity contribution in [3.63, 3.8) is 0 Å². The van der Waals surface area contributed by atoms with Crippen LogP contribution in [0.25, 0.3) is 0 Å². The number of aliphatic hydroxyl groups excluding tert-OH is 1. The number of aliphatic hydroxyl groups is 1. The summed E-state index contributed by atoms with van der Waals surface area (Å²) in [6.45, 7) is 4.48. The summed E-state index contributed by atoms with van der Waals surface area (Å²) >= 11 is 0. The maximum atomic E-state index is 9.71. The van der Waals surface area contributed by atoms with Crippen molar-refractivity contribution in [2.24, 2.45) is 11.8 Å². The molecule has 1 aromatic carbocycles. The zero-order chi connectivity index (χ0) is 11.5. The van der Waals surface area contributed by atoms with Gasteiger partial charge in [-0.15, -0.1) is 0 Å². The van der Waals surface area contributed by atoms with Crippen LogP contribution in [-0.4, -0.2) is 24.1 Å². The molecule has 0 amide bonds. The Morgan fingerprint density at radius 3 is 2.62 bits per heavy atom. The predicted octanol–water partition coefficient (Wildman–Crippen LogP) is 2.05. The molecule has 0 saturated heterocycles. The quantitative estimate of drug-likeness (QED) is 0.775. The van der Waals surface area contributed by atoms with E-state index in [1.54, 1.807) is 0 Å². The molecule has 0 unspecified atom stereocenters. The summed E-state index contributed by atoms with van der Waals surface area (Å²) in [4.78, 5) is 0. The zero-order valence-electron chi connectivity index (χ0n) is 9.67. The van der Waals surface area contributed by atoms with Crippen molar-refractivity contribution in [1.29, 1.82) is 0 Å². The first-order chi connectivity index (χ1) is 7.74. The third-order valence-electron chi connectivity index (χ3n) is 3.05. The van der Waals surface area contributed by atoms with Gasteiger partial charge in [-0.25, -0.2) is 0 Å². The Morgan fingerprint density at radius 1 is 1.31 bits per heavy atom. The van der Waals surface area contributed by atoms with Crippen LogP contribution in [0, 0.1) is 11.8 Å². The fourth-order valence-corrected chi connectivity index (χ4v) is 2.00. The Kier molecular flexibility index (Phi) is 3.46. The first-order valence-corrected chi connectivity index (χ1v) is 5.75. The van der Waals surface area contributed by atoms with Crippen LogP contribution in [-0.2, 0) is 4.74 Å². The summed E-state index contributed by atoms with van der Waals surface area (Å²) in [5.74, 6) is 1.30. The number of rotatable bonds is 5. The van der Waals surface area contributed by atoms with Gasteiger partial charge < -0.3 is 14.6 Å². The van der Waals surface area contributed by atoms with Crippen molar-refractivity contribution >= 4 is 0 Å². The minimum absolute atomic E-state index is 0.0731. The van der Waals surface area contributed by atoms with Gasteiger partial charge in [0, 0.05) is 12.5 Å². The van der Waals surface area contributed by atoms with Gasteiger partial charge in [0.25, 0.3) is 0 Å². The van der Waals surface area contributed by atoms with Gasteiger partial charge in [-0.1, -0.05) is 25.1 Å². The normalized spacial score (nSPS) is 29.8. The second-order valence-electron chi connectivity index (χ2n) is 4.18. The van der Waals surface area contributed by atoms with Gasteiger partial charge in [0.1, 0.15) is 11.9 Å². The topological polar surface area (TPSA) is 38.7 Å². The lowest BCUT2D eigenvalue weighted by Crippen LogP contribution is -2.18. The minimum Gasteiger partial charge on any atom is -0.490 e. The third kappa shape index (κ3) is 2.36. The molecule has 1 N–H and O–H groups in total. The first kappa shape index (κ1) is 11.4. The van der Waals surface area contributed by atoms with Crippen molar-refractivity contribution in [2.45, 2.75) is 26.2 Å². The van der Waals surface area contributed by atoms with E-state index in [1.807, 2.05) is 37.3 Å². The summed E-state index contributed by atoms with van der Waals surface area (Å²) in [5, 5.41) is 9.71. The number of para-hydroxylation sites is 1. The third-order valence-corrected chi connectivity index (χ3v) is 3.05. The van der Waals surface area contributed by atoms with Gasteiger partial charge in [-0.2, -0.15) is 0 Å². The molecule has 1 aromatic rings. The highest BCUT2D eigenvalue weighted by molar-refractivity contribution is 5.22. The van der Waals surface area contributed by atoms with Gasteiger partial charge in [0.2, 0.25) is 0 Å². The van der Waals surface area contributed by atoms with Crippen molar-refractivity contribution in [3.8, 4) is 5.75 Å². The van der Waals surface area contributed by atoms with E-state index < -0.39 is 6.29 Å². The number of hydrogen-bond acceptors (Lipinski definition) is 3. The van der Waals surface area contributed by atoms with Gasteiger partial charge in [0.15, 0.2) is 6.29 Å². The fraction of sp³-hybridized carbons (Fsp3) is 0.538. The maximum absolute atomic E-state index is 9.71. The van der Waals surface area contributed by atoms with Gasteiger partial charge in [-0.05, 0) is 19.1 Å². The molecule has 1 fully saturated rings. The summed E-state index contributed by atoms with van der Waals surface area (Å²) < 4.78 is 11.0. The van der Waals surface area contributed by atoms with Crippen LogP contribution in [0.1, 0.15) is 13.8 Å². The van der Waals surface area contributed by atoms with Crippen LogP contribution in [0.15, 0.2) is 30.3 Å². The lowest BCUT2D eigenvalue weighted by molar-refractivity contribution is -0.115. The molecule has 0 bridgehead atoms. The van der Waals surface area contributed by atoms with Gasteiger partial charge in [0.05, 0.1) is 5.92 Å². The highest BCUT2D eigenvalue weighted by Crippen LogP contribution is 2.44. The molecule has 1 aliphatic rings. The standard InChI is InChI=1S/C13H18O3/c1-3-15-13(14)11-9(2)12(11)16-10-7-5-4-6-8-10/h4-9,11-14H,3H2,1-2H3/t9-,11-,12-,13+/m1/s1. The average molecular weight is 222 g/mol. The molecular weight excluding hydrogens is 204 g/mol. The summed E-state index contributed by atoms with van der Waals surface area (Å²) in [5.41, 5.74) is 0. The van der Waals surface area contributed by atoms with Crippen LogP contribution >= 0.6 is 0 Å². The van der Waals surface area contributed by atoms with Crippen molar-refractivity contribution in [3.05, 3.63) is 30.3 Å². The lowest BCUT2D eigenvalue weighted by atomic mass is 10.3. The van der Waals surface area contributed by atoms with Crippen molar-refractivity contribution in [2.75, 3.05) is 6.61 Å². The van der Waals surface area contributed by atoms with Crippen LogP contribution in [0.3, 0.4) is 0 Å². The largest absolute Gasteiger partial charge is 0.490 e. The molecule has 2 rings (SSSR count). The van der Waals surface area contributed by atoms with E-state index >= 15 is 0 Å². The Labute approximate surface area is 96.0 Å². The highest BCUT2D eigenvalue weighted by atomic mass is 16.6. The summed E-state index contributed by atoms with van der Waals surface area (Å²) in [7, 11) is 0. The molecule has 0 aromatic heterocycles. The SMILES string of the molecule is CCO[C@H](O)[C@@H]1[C@@H](C)[C@H]1Oc1ccccc1. The molecule has 0 radical (unpaired) electrons. The minimum atomic E-state index is -0.700. The molecule has 0 spiro atoms. The molecule has 0 heterocycles. The number of hydrogen-bond donors (Lipinski definition) is 1. The Hall–Kier alpha value is -1.06. The second kappa shape index (κ2) is 4.85. The van der Waals surface area contributed by atoms with E-state index in [1.165, 1.54) is 0 Å². The zero-order valence-corrected chi connectivity index (χ0v) is 9.67. The number of benzene rings is 1. The van der Waals surface area contributed by atoms with E-state index in [9.17, 15) is 5.11 Å². The molecule has 1 aliphatic carbocycles. The smallest absolute Gasteiger partial charge is 0.161 e. The second-order valence-corrected chi connectivity index (χ2v) is 4.18. The summed E-state index contributed by atoms with van der Waals surface area (Å²) in [6, 6.07) is 9.69. The Morgan fingerprint density at radius 2 is 2.00 bits per heavy atom. The lowest BCUT2D eigenvalue weighted by Gasteiger charge is -2.10. The monoisotopic (exact) mass is 222 g/mol. The molecule has 3 nitrogen and oxygen atoms in total. The highest BCUT2D eigenvalue weighted by Gasteiger charge is 2.54. The molecular formula is C13H18O3. The fourth-order valence-electron chi connectivity index (χ4n) is 2.00. The van der Waals surface area contributed by atoms with E-state index in [4.69, 9.17) is 9.47 Å². The number of ether oxygens (including phenoxy) is 2. The van der Waals surface area contributed by atoms with Crippen molar-refractivity contribution in [1.82, 2.24) is 0 Å². The maximum Gasteiger partial charge on any atom is 0.161 e. The van der Waals surface area contributed by atoms with Crippen LogP contribution < -0.4 is 4.74 Å². The molecule has 88 valence electrons. The van der Waals surface area contributed by atoms with Crippen molar-refractivity contribution < 1.29 is 14.6 Å². The average Bonchev–Trinajstić information content (AvgIpc) is 2.91. The van der Waals surface area contributed by atoms with Crippen LogP contribution in [0.2, 0.25) is 0 Å². The molecule has 1 saturated carbocycles.